The second-order valence-electron chi connectivity index (χ2n) is 7.32. The van der Waals surface area contributed by atoms with Crippen LogP contribution in [0, 0.1) is 22.7 Å². The van der Waals surface area contributed by atoms with E-state index in [0.717, 1.165) is 0 Å². The summed E-state index contributed by atoms with van der Waals surface area (Å²) in [6, 6.07) is 14.2. The first-order valence-corrected chi connectivity index (χ1v) is 10.0. The molecule has 0 radical (unpaired) electrons. The summed E-state index contributed by atoms with van der Waals surface area (Å²) in [6.45, 7) is 0. The molecule has 0 saturated carbocycles. The third kappa shape index (κ3) is 3.12. The number of para-hydroxylation sites is 1. The van der Waals surface area contributed by atoms with E-state index in [1.807, 2.05) is 6.07 Å². The number of methoxy groups -OCH3 is 1. The maximum absolute atomic E-state index is 13.1. The smallest absolute Gasteiger partial charge is 0.161 e. The monoisotopic (exact) mass is 421 g/mol. The van der Waals surface area contributed by atoms with Gasteiger partial charge in [-0.15, -0.1) is 0 Å². The Labute approximate surface area is 179 Å². The lowest BCUT2D eigenvalue weighted by Gasteiger charge is -2.42. The van der Waals surface area contributed by atoms with Gasteiger partial charge in [-0.2, -0.15) is 5.26 Å². The molecule has 0 amide bonds. The maximum atomic E-state index is 13.1. The summed E-state index contributed by atoms with van der Waals surface area (Å²) in [5.74, 6) is -1.28. The van der Waals surface area contributed by atoms with Crippen LogP contribution in [0.5, 0.6) is 11.5 Å². The van der Waals surface area contributed by atoms with E-state index in [1.165, 1.54) is 13.2 Å². The number of anilines is 1. The van der Waals surface area contributed by atoms with Crippen LogP contribution >= 0.6 is 11.6 Å². The second-order valence-corrected chi connectivity index (χ2v) is 7.73. The molecule has 2 aliphatic rings. The first-order valence-electron chi connectivity index (χ1n) is 9.63. The lowest BCUT2D eigenvalue weighted by atomic mass is 9.71. The molecule has 4 rings (SSSR count). The first-order chi connectivity index (χ1) is 14.5. The number of carbonyl (C=O) groups is 1. The molecule has 1 aliphatic carbocycles. The van der Waals surface area contributed by atoms with Crippen molar-refractivity contribution in [1.29, 1.82) is 10.7 Å². The lowest BCUT2D eigenvalue weighted by Crippen LogP contribution is -2.45. The fraction of sp³-hybridized carbons (Fsp3) is 0.261. The van der Waals surface area contributed by atoms with Crippen molar-refractivity contribution in [3.05, 3.63) is 64.3 Å². The van der Waals surface area contributed by atoms with E-state index in [4.69, 9.17) is 21.7 Å². The molecular formula is C23H20ClN3O3. The minimum Gasteiger partial charge on any atom is -0.504 e. The van der Waals surface area contributed by atoms with Crippen LogP contribution in [0.25, 0.3) is 0 Å². The summed E-state index contributed by atoms with van der Waals surface area (Å²) in [4.78, 5) is 14.7. The molecule has 2 N–H and O–H groups in total. The molecule has 0 fully saturated rings. The van der Waals surface area contributed by atoms with Gasteiger partial charge in [-0.05, 0) is 42.7 Å². The minimum atomic E-state index is -0.908. The number of nitrogens with zero attached hydrogens (tertiary/aromatic N) is 2. The summed E-state index contributed by atoms with van der Waals surface area (Å²) < 4.78 is 5.12. The number of rotatable bonds is 3. The van der Waals surface area contributed by atoms with Crippen molar-refractivity contribution < 1.29 is 14.6 Å². The number of amidine groups is 1. The number of aromatic hydroxyl groups is 1. The van der Waals surface area contributed by atoms with E-state index >= 15 is 0 Å². The van der Waals surface area contributed by atoms with Gasteiger partial charge in [0.15, 0.2) is 17.3 Å². The summed E-state index contributed by atoms with van der Waals surface area (Å²) in [6.07, 6.45) is 1.66. The van der Waals surface area contributed by atoms with Crippen LogP contribution in [0.1, 0.15) is 30.7 Å². The quantitative estimate of drug-likeness (QED) is 0.743. The molecule has 7 heteroatoms. The third-order valence-corrected chi connectivity index (χ3v) is 5.99. The highest BCUT2D eigenvalue weighted by Crippen LogP contribution is 2.48. The van der Waals surface area contributed by atoms with Gasteiger partial charge in [0.05, 0.1) is 23.9 Å². The van der Waals surface area contributed by atoms with Gasteiger partial charge in [0, 0.05) is 23.6 Å². The second kappa shape index (κ2) is 7.85. The normalized spacial score (nSPS) is 21.3. The van der Waals surface area contributed by atoms with Crippen LogP contribution in [0.3, 0.4) is 0 Å². The molecule has 1 heterocycles. The fourth-order valence-corrected chi connectivity index (χ4v) is 4.56. The van der Waals surface area contributed by atoms with Crippen LogP contribution in [0.2, 0.25) is 5.02 Å². The summed E-state index contributed by atoms with van der Waals surface area (Å²) in [5.41, 5.74) is 2.42. The Hall–Kier alpha value is -3.30. The number of halogens is 1. The highest BCUT2D eigenvalue weighted by atomic mass is 35.5. The van der Waals surface area contributed by atoms with Gasteiger partial charge in [0.1, 0.15) is 11.8 Å². The van der Waals surface area contributed by atoms with Crippen molar-refractivity contribution in [2.75, 3.05) is 12.0 Å². The Morgan fingerprint density at radius 3 is 2.70 bits per heavy atom. The Balaban J connectivity index is 1.96. The van der Waals surface area contributed by atoms with Crippen LogP contribution < -0.4 is 9.64 Å². The molecule has 2 aromatic rings. The standard InChI is InChI=1S/C23H20ClN3O3/c1-30-20-10-9-13(11-19(20)29)21-14(12-25)23(26)27(16-6-3-2-5-15(16)24)17-7-4-8-18(28)22(17)21/h2-3,5-6,9-11,14,21,26,29H,4,7-8H2,1H3. The minimum absolute atomic E-state index is 0.0404. The zero-order chi connectivity index (χ0) is 21.4. The van der Waals surface area contributed by atoms with Gasteiger partial charge in [0.25, 0.3) is 0 Å². The Bertz CT molecular complexity index is 1120. The van der Waals surface area contributed by atoms with Crippen LogP contribution in [-0.4, -0.2) is 23.8 Å². The molecular weight excluding hydrogens is 402 g/mol. The predicted molar refractivity (Wildman–Crippen MR) is 114 cm³/mol. The molecule has 0 bridgehead atoms. The highest BCUT2D eigenvalue weighted by Gasteiger charge is 2.45. The lowest BCUT2D eigenvalue weighted by molar-refractivity contribution is -0.116. The molecule has 2 atom stereocenters. The molecule has 152 valence electrons. The Kier molecular flexibility index (Phi) is 5.23. The number of nitrogens with one attached hydrogen (secondary N) is 1. The SMILES string of the molecule is COc1ccc(C2C3=C(CCCC3=O)N(c3ccccc3Cl)C(=N)C2C#N)cc1O. The number of hydrogen-bond donors (Lipinski definition) is 2. The number of ether oxygens (including phenoxy) is 1. The zero-order valence-electron chi connectivity index (χ0n) is 16.4. The largest absolute Gasteiger partial charge is 0.504 e. The van der Waals surface area contributed by atoms with Crippen molar-refractivity contribution in [1.82, 2.24) is 0 Å². The van der Waals surface area contributed by atoms with Crippen LogP contribution in [0.4, 0.5) is 5.69 Å². The van der Waals surface area contributed by atoms with Gasteiger partial charge in [0.2, 0.25) is 0 Å². The van der Waals surface area contributed by atoms with E-state index in [1.54, 1.807) is 35.2 Å². The molecule has 0 aromatic heterocycles. The van der Waals surface area contributed by atoms with Crippen molar-refractivity contribution >= 4 is 28.9 Å². The van der Waals surface area contributed by atoms with E-state index in [0.29, 0.717) is 52.6 Å². The fourth-order valence-electron chi connectivity index (χ4n) is 4.34. The number of Topliss-reactive ketones (excluding diaryl/α,β-unsaturated/α-hetero) is 1. The molecule has 0 saturated heterocycles. The number of carbonyl (C=O) groups excluding carboxylic acids is 1. The molecule has 0 spiro atoms. The average Bonchev–Trinajstić information content (AvgIpc) is 2.74. The number of hydrogen-bond acceptors (Lipinski definition) is 5. The predicted octanol–water partition coefficient (Wildman–Crippen LogP) is 4.78. The van der Waals surface area contributed by atoms with E-state index in [-0.39, 0.29) is 17.4 Å². The third-order valence-electron chi connectivity index (χ3n) is 5.67. The van der Waals surface area contributed by atoms with E-state index in [2.05, 4.69) is 6.07 Å². The Morgan fingerprint density at radius 1 is 1.27 bits per heavy atom. The number of benzene rings is 2. The zero-order valence-corrected chi connectivity index (χ0v) is 17.1. The maximum Gasteiger partial charge on any atom is 0.161 e. The molecule has 30 heavy (non-hydrogen) atoms. The van der Waals surface area contributed by atoms with Crippen LogP contribution in [-0.2, 0) is 4.79 Å². The van der Waals surface area contributed by atoms with Gasteiger partial charge < -0.3 is 9.84 Å². The van der Waals surface area contributed by atoms with Crippen LogP contribution in [0.15, 0.2) is 53.7 Å². The van der Waals surface area contributed by atoms with Crippen molar-refractivity contribution in [3.63, 3.8) is 0 Å². The molecule has 6 nitrogen and oxygen atoms in total. The average molecular weight is 422 g/mol. The summed E-state index contributed by atoms with van der Waals surface area (Å²) >= 11 is 6.41. The number of phenolic OH excluding ortho intramolecular Hbond substituents is 1. The topological polar surface area (TPSA) is 97.4 Å². The van der Waals surface area contributed by atoms with Crippen molar-refractivity contribution in [2.24, 2.45) is 5.92 Å². The molecule has 2 unspecified atom stereocenters. The summed E-state index contributed by atoms with van der Waals surface area (Å²) in [5, 5.41) is 29.6. The number of nitriles is 1. The summed E-state index contributed by atoms with van der Waals surface area (Å²) in [7, 11) is 1.45. The Morgan fingerprint density at radius 2 is 2.03 bits per heavy atom. The van der Waals surface area contributed by atoms with Gasteiger partial charge in [-0.1, -0.05) is 29.8 Å². The van der Waals surface area contributed by atoms with E-state index in [9.17, 15) is 15.2 Å². The van der Waals surface area contributed by atoms with Gasteiger partial charge in [-0.3, -0.25) is 15.1 Å². The number of phenols is 1. The number of ketones is 1. The van der Waals surface area contributed by atoms with E-state index < -0.39 is 11.8 Å². The first kappa shape index (κ1) is 20.0. The highest BCUT2D eigenvalue weighted by molar-refractivity contribution is 6.34. The van der Waals surface area contributed by atoms with Crippen molar-refractivity contribution in [2.45, 2.75) is 25.2 Å². The van der Waals surface area contributed by atoms with Gasteiger partial charge in [-0.25, -0.2) is 0 Å². The van der Waals surface area contributed by atoms with Gasteiger partial charge >= 0.3 is 0 Å². The molecule has 2 aromatic carbocycles. The number of allylic oxidation sites excluding steroid dienone is 2. The molecule has 1 aliphatic heterocycles. The van der Waals surface area contributed by atoms with Crippen molar-refractivity contribution in [3.8, 4) is 17.6 Å².